The summed E-state index contributed by atoms with van der Waals surface area (Å²) in [6.07, 6.45) is 1.50. The highest BCUT2D eigenvalue weighted by Gasteiger charge is 2.10. The number of thiophene rings is 1. The third kappa shape index (κ3) is 1.78. The molecule has 0 unspecified atom stereocenters. The second-order valence-corrected chi connectivity index (χ2v) is 4.83. The average molecular weight is 257 g/mol. The number of nitrogen functional groups attached to an aromatic ring is 1. The molecule has 2 heterocycles. The Labute approximate surface area is 108 Å². The molecule has 0 saturated carbocycles. The van der Waals surface area contributed by atoms with Crippen molar-refractivity contribution in [3.63, 3.8) is 0 Å². The van der Waals surface area contributed by atoms with Gasteiger partial charge in [0.2, 0.25) is 5.88 Å². The lowest BCUT2D eigenvalue weighted by Gasteiger charge is -2.10. The molecule has 0 aliphatic rings. The van der Waals surface area contributed by atoms with Crippen LogP contribution in [0.5, 0.6) is 11.6 Å². The van der Waals surface area contributed by atoms with Gasteiger partial charge in [0.05, 0.1) is 11.2 Å². The Hall–Kier alpha value is -2.14. The molecule has 0 bridgehead atoms. The molecule has 3 aromatic rings. The maximum atomic E-state index is 5.92. The van der Waals surface area contributed by atoms with Crippen molar-refractivity contribution in [2.24, 2.45) is 0 Å². The Morgan fingerprint density at radius 1 is 1.22 bits per heavy atom. The van der Waals surface area contributed by atoms with E-state index in [2.05, 4.69) is 9.97 Å². The maximum absolute atomic E-state index is 5.92. The summed E-state index contributed by atoms with van der Waals surface area (Å²) in [7, 11) is 0. The van der Waals surface area contributed by atoms with Crippen LogP contribution < -0.4 is 10.5 Å². The molecular formula is C13H11N3OS. The normalized spacial score (nSPS) is 10.7. The zero-order valence-electron chi connectivity index (χ0n) is 9.75. The van der Waals surface area contributed by atoms with Crippen LogP contribution in [0, 0.1) is 6.92 Å². The molecule has 18 heavy (non-hydrogen) atoms. The Bertz CT molecular complexity index is 688. The molecule has 3 rings (SSSR count). The van der Waals surface area contributed by atoms with E-state index >= 15 is 0 Å². The van der Waals surface area contributed by atoms with Gasteiger partial charge in [-0.2, -0.15) is 0 Å². The van der Waals surface area contributed by atoms with Crippen molar-refractivity contribution >= 4 is 27.2 Å². The molecule has 2 aromatic heterocycles. The van der Waals surface area contributed by atoms with Crippen molar-refractivity contribution in [2.45, 2.75) is 6.92 Å². The number of rotatable bonds is 2. The highest BCUT2D eigenvalue weighted by molar-refractivity contribution is 7.17. The minimum atomic E-state index is 0.552. The topological polar surface area (TPSA) is 61.0 Å². The van der Waals surface area contributed by atoms with Crippen LogP contribution >= 0.6 is 11.3 Å². The van der Waals surface area contributed by atoms with Crippen LogP contribution in [0.2, 0.25) is 0 Å². The van der Waals surface area contributed by atoms with Crippen LogP contribution in [0.15, 0.2) is 36.0 Å². The van der Waals surface area contributed by atoms with Crippen molar-refractivity contribution in [2.75, 3.05) is 5.73 Å². The number of fused-ring (bicyclic) bond motifs is 1. The molecule has 0 aliphatic heterocycles. The number of hydrogen-bond acceptors (Lipinski definition) is 5. The first kappa shape index (κ1) is 11.0. The van der Waals surface area contributed by atoms with Gasteiger partial charge in [-0.1, -0.05) is 12.1 Å². The second kappa shape index (κ2) is 4.27. The van der Waals surface area contributed by atoms with E-state index in [0.29, 0.717) is 17.3 Å². The minimum Gasteiger partial charge on any atom is -0.435 e. The molecule has 4 nitrogen and oxygen atoms in total. The zero-order chi connectivity index (χ0) is 12.5. The first-order chi connectivity index (χ1) is 8.75. The number of aryl methyl sites for hydroxylation is 1. The van der Waals surface area contributed by atoms with Crippen LogP contribution in [0.4, 0.5) is 5.69 Å². The van der Waals surface area contributed by atoms with Gasteiger partial charge in [-0.3, -0.25) is 0 Å². The molecular weight excluding hydrogens is 246 g/mol. The number of benzene rings is 1. The molecule has 1 aromatic carbocycles. The molecule has 0 amide bonds. The van der Waals surface area contributed by atoms with Gasteiger partial charge in [0, 0.05) is 0 Å². The third-order valence-corrected chi connectivity index (χ3v) is 3.54. The molecule has 0 radical (unpaired) electrons. The molecule has 0 fully saturated rings. The lowest BCUT2D eigenvalue weighted by molar-refractivity contribution is 0.468. The number of nitrogens with zero attached hydrogens (tertiary/aromatic N) is 2. The molecule has 0 atom stereocenters. The lowest BCUT2D eigenvalue weighted by Crippen LogP contribution is -1.96. The fourth-order valence-electron chi connectivity index (χ4n) is 1.75. The van der Waals surface area contributed by atoms with Crippen molar-refractivity contribution < 1.29 is 4.74 Å². The minimum absolute atomic E-state index is 0.552. The number of ether oxygens (including phenoxy) is 1. The molecule has 0 saturated heterocycles. The summed E-state index contributed by atoms with van der Waals surface area (Å²) in [6, 6.07) is 7.61. The van der Waals surface area contributed by atoms with Gasteiger partial charge in [-0.05, 0) is 30.0 Å². The van der Waals surface area contributed by atoms with Crippen molar-refractivity contribution in [3.05, 3.63) is 41.5 Å². The largest absolute Gasteiger partial charge is 0.435 e. The quantitative estimate of drug-likeness (QED) is 0.715. The summed E-state index contributed by atoms with van der Waals surface area (Å²) in [5.74, 6) is 1.21. The number of hydrogen-bond donors (Lipinski definition) is 1. The van der Waals surface area contributed by atoms with E-state index in [0.717, 1.165) is 15.8 Å². The Morgan fingerprint density at radius 3 is 2.94 bits per heavy atom. The monoisotopic (exact) mass is 257 g/mol. The first-order valence-corrected chi connectivity index (χ1v) is 6.35. The Balaban J connectivity index is 2.09. The van der Waals surface area contributed by atoms with Gasteiger partial charge in [0.1, 0.15) is 11.0 Å². The predicted molar refractivity (Wildman–Crippen MR) is 73.1 cm³/mol. The number of para-hydroxylation sites is 1. The fourth-order valence-corrected chi connectivity index (χ4v) is 2.52. The van der Waals surface area contributed by atoms with Gasteiger partial charge in [0.15, 0.2) is 5.75 Å². The Morgan fingerprint density at radius 2 is 2.11 bits per heavy atom. The lowest BCUT2D eigenvalue weighted by atomic mass is 10.2. The molecule has 0 spiro atoms. The van der Waals surface area contributed by atoms with E-state index < -0.39 is 0 Å². The van der Waals surface area contributed by atoms with Gasteiger partial charge in [-0.15, -0.1) is 11.3 Å². The van der Waals surface area contributed by atoms with Crippen molar-refractivity contribution in [1.82, 2.24) is 9.97 Å². The second-order valence-electron chi connectivity index (χ2n) is 3.91. The zero-order valence-corrected chi connectivity index (χ0v) is 10.6. The van der Waals surface area contributed by atoms with Gasteiger partial charge in [-0.25, -0.2) is 9.97 Å². The Kier molecular flexibility index (Phi) is 2.60. The average Bonchev–Trinajstić information content (AvgIpc) is 2.83. The van der Waals surface area contributed by atoms with Crippen LogP contribution in [0.1, 0.15) is 5.56 Å². The summed E-state index contributed by atoms with van der Waals surface area (Å²) >= 11 is 1.55. The van der Waals surface area contributed by atoms with E-state index in [1.54, 1.807) is 11.3 Å². The molecule has 2 N–H and O–H groups in total. The fraction of sp³-hybridized carbons (Fsp3) is 0.0769. The molecule has 0 aliphatic carbocycles. The predicted octanol–water partition coefficient (Wildman–Crippen LogP) is 3.37. The van der Waals surface area contributed by atoms with Crippen molar-refractivity contribution in [1.29, 1.82) is 0 Å². The van der Waals surface area contributed by atoms with E-state index in [1.165, 1.54) is 6.33 Å². The first-order valence-electron chi connectivity index (χ1n) is 5.47. The summed E-state index contributed by atoms with van der Waals surface area (Å²) < 4.78 is 6.78. The summed E-state index contributed by atoms with van der Waals surface area (Å²) in [5, 5.41) is 1.97. The van der Waals surface area contributed by atoms with Gasteiger partial charge >= 0.3 is 0 Å². The van der Waals surface area contributed by atoms with E-state index in [4.69, 9.17) is 10.5 Å². The van der Waals surface area contributed by atoms with Gasteiger partial charge < -0.3 is 10.5 Å². The molecule has 90 valence electrons. The van der Waals surface area contributed by atoms with Crippen LogP contribution in [0.3, 0.4) is 0 Å². The highest BCUT2D eigenvalue weighted by atomic mass is 32.1. The number of anilines is 1. The summed E-state index contributed by atoms with van der Waals surface area (Å²) in [4.78, 5) is 8.35. The maximum Gasteiger partial charge on any atom is 0.240 e. The summed E-state index contributed by atoms with van der Waals surface area (Å²) in [5.41, 5.74) is 8.40. The number of nitrogens with two attached hydrogens (primary N) is 1. The van der Waals surface area contributed by atoms with Crippen LogP contribution in [0.25, 0.3) is 10.2 Å². The van der Waals surface area contributed by atoms with Crippen molar-refractivity contribution in [3.8, 4) is 11.6 Å². The van der Waals surface area contributed by atoms with Crippen LogP contribution in [-0.4, -0.2) is 9.97 Å². The molecule has 5 heteroatoms. The number of aromatic nitrogens is 2. The third-order valence-electron chi connectivity index (χ3n) is 2.65. The van der Waals surface area contributed by atoms with E-state index in [1.807, 2.05) is 36.6 Å². The summed E-state index contributed by atoms with van der Waals surface area (Å²) in [6.45, 7) is 1.96. The SMILES string of the molecule is Cc1cccc(N)c1Oc1ncnc2ccsc12. The van der Waals surface area contributed by atoms with Crippen LogP contribution in [-0.2, 0) is 0 Å². The highest BCUT2D eigenvalue weighted by Crippen LogP contribution is 2.34. The van der Waals surface area contributed by atoms with E-state index in [9.17, 15) is 0 Å². The smallest absolute Gasteiger partial charge is 0.240 e. The van der Waals surface area contributed by atoms with Gasteiger partial charge in [0.25, 0.3) is 0 Å². The van der Waals surface area contributed by atoms with E-state index in [-0.39, 0.29) is 0 Å². The standard InChI is InChI=1S/C13H11N3OS/c1-8-3-2-4-9(14)11(8)17-13-12-10(5-6-18-12)15-7-16-13/h2-7H,14H2,1H3.